The zero-order chi connectivity index (χ0) is 29.3. The Kier molecular flexibility index (Phi) is 12.2. The van der Waals surface area contributed by atoms with E-state index in [4.69, 9.17) is 29.4 Å². The molecule has 214 valence electrons. The molecule has 10 nitrogen and oxygen atoms in total. The molecular formula is C28H43NO9. The maximum atomic E-state index is 12.5. The highest BCUT2D eigenvalue weighted by atomic mass is 16.7. The molecule has 1 aromatic rings. The molecule has 10 heteroatoms. The van der Waals surface area contributed by atoms with Crippen molar-refractivity contribution >= 4 is 24.1 Å². The summed E-state index contributed by atoms with van der Waals surface area (Å²) in [7, 11) is 0. The Morgan fingerprint density at radius 2 is 1.34 bits per heavy atom. The van der Waals surface area contributed by atoms with Gasteiger partial charge >= 0.3 is 24.1 Å². The summed E-state index contributed by atoms with van der Waals surface area (Å²) in [4.78, 5) is 48.9. The number of ether oxygens (including phenoxy) is 5. The van der Waals surface area contributed by atoms with Gasteiger partial charge in [-0.05, 0) is 55.7 Å². The monoisotopic (exact) mass is 537 g/mol. The van der Waals surface area contributed by atoms with Gasteiger partial charge < -0.3 is 29.4 Å². The topological polar surface area (TPSA) is 140 Å². The summed E-state index contributed by atoms with van der Waals surface area (Å²) >= 11 is 0. The molecule has 0 heterocycles. The first-order chi connectivity index (χ1) is 17.3. The van der Waals surface area contributed by atoms with Crippen molar-refractivity contribution in [1.29, 1.82) is 0 Å². The van der Waals surface area contributed by atoms with Crippen LogP contribution in [0.4, 0.5) is 4.79 Å². The molecule has 0 amide bonds. The number of hydrogen-bond acceptors (Lipinski definition) is 10. The van der Waals surface area contributed by atoms with E-state index in [1.165, 1.54) is 12.1 Å². The second-order valence-electron chi connectivity index (χ2n) is 12.0. The van der Waals surface area contributed by atoms with Gasteiger partial charge in [0.25, 0.3) is 0 Å². The summed E-state index contributed by atoms with van der Waals surface area (Å²) in [5.74, 6) is -1.50. The third-order valence-corrected chi connectivity index (χ3v) is 4.65. The standard InChI is InChI=1S/C28H43NO9/c1-17(2)35-26(33)36-18(3)16-34-25(32)20(29)12-19-10-11-21(37-23(30)14-27(4,5)6)22(13-19)38-24(31)15-28(7,8)9/h10-11,13,17-18,20H,12,14-16,29H2,1-9H3/t18-,20-/m0/s1. The Morgan fingerprint density at radius 1 is 0.816 bits per heavy atom. The van der Waals surface area contributed by atoms with Crippen LogP contribution in [0.3, 0.4) is 0 Å². The first-order valence-electron chi connectivity index (χ1n) is 12.7. The summed E-state index contributed by atoms with van der Waals surface area (Å²) in [6.07, 6.45) is -1.56. The molecule has 0 aliphatic rings. The van der Waals surface area contributed by atoms with Crippen LogP contribution in [0.2, 0.25) is 0 Å². The zero-order valence-electron chi connectivity index (χ0n) is 24.0. The van der Waals surface area contributed by atoms with E-state index in [1.54, 1.807) is 26.8 Å². The number of esters is 3. The van der Waals surface area contributed by atoms with Gasteiger partial charge in [-0.1, -0.05) is 47.6 Å². The van der Waals surface area contributed by atoms with Gasteiger partial charge in [0.15, 0.2) is 11.5 Å². The normalized spacial score (nSPS) is 13.3. The van der Waals surface area contributed by atoms with Crippen LogP contribution in [0.5, 0.6) is 11.5 Å². The molecule has 38 heavy (non-hydrogen) atoms. The highest BCUT2D eigenvalue weighted by Gasteiger charge is 2.24. The predicted molar refractivity (Wildman–Crippen MR) is 141 cm³/mol. The van der Waals surface area contributed by atoms with Crippen molar-refractivity contribution in [3.8, 4) is 11.5 Å². The second kappa shape index (κ2) is 14.1. The lowest BCUT2D eigenvalue weighted by atomic mass is 9.92. The number of hydrogen-bond donors (Lipinski definition) is 1. The van der Waals surface area contributed by atoms with Crippen molar-refractivity contribution in [2.24, 2.45) is 16.6 Å². The fourth-order valence-corrected chi connectivity index (χ4v) is 3.09. The van der Waals surface area contributed by atoms with Crippen LogP contribution in [0.1, 0.15) is 80.7 Å². The van der Waals surface area contributed by atoms with Crippen LogP contribution < -0.4 is 15.2 Å². The fraction of sp³-hybridized carbons (Fsp3) is 0.643. The summed E-state index contributed by atoms with van der Waals surface area (Å²) < 4.78 is 26.1. The first-order valence-corrected chi connectivity index (χ1v) is 12.7. The maximum Gasteiger partial charge on any atom is 0.508 e. The van der Waals surface area contributed by atoms with Gasteiger partial charge in [-0.25, -0.2) is 4.79 Å². The molecule has 0 unspecified atom stereocenters. The molecule has 0 radical (unpaired) electrons. The minimum atomic E-state index is -1.04. The van der Waals surface area contributed by atoms with E-state index < -0.39 is 36.2 Å². The third kappa shape index (κ3) is 14.0. The lowest BCUT2D eigenvalue weighted by Gasteiger charge is -2.20. The Hall–Kier alpha value is -3.14. The molecule has 0 saturated carbocycles. The fourth-order valence-electron chi connectivity index (χ4n) is 3.09. The van der Waals surface area contributed by atoms with E-state index in [0.717, 1.165) is 0 Å². The van der Waals surface area contributed by atoms with Crippen molar-refractivity contribution in [3.63, 3.8) is 0 Å². The highest BCUT2D eigenvalue weighted by molar-refractivity contribution is 5.78. The largest absolute Gasteiger partial charge is 0.508 e. The van der Waals surface area contributed by atoms with E-state index >= 15 is 0 Å². The maximum absolute atomic E-state index is 12.5. The van der Waals surface area contributed by atoms with Crippen LogP contribution in [-0.2, 0) is 35.0 Å². The average Bonchev–Trinajstić information content (AvgIpc) is 2.70. The molecule has 0 fully saturated rings. The van der Waals surface area contributed by atoms with Crippen molar-refractivity contribution in [2.45, 2.75) is 99.8 Å². The number of nitrogens with two attached hydrogens (primary N) is 1. The van der Waals surface area contributed by atoms with Crippen LogP contribution in [0.15, 0.2) is 18.2 Å². The van der Waals surface area contributed by atoms with Gasteiger partial charge in [-0.15, -0.1) is 0 Å². The van der Waals surface area contributed by atoms with E-state index in [9.17, 15) is 19.2 Å². The summed E-state index contributed by atoms with van der Waals surface area (Å²) in [5.41, 5.74) is 5.99. The van der Waals surface area contributed by atoms with Gasteiger partial charge in [0.05, 0.1) is 18.9 Å². The Labute approximate surface area is 225 Å². The molecule has 2 N–H and O–H groups in total. The smallest absolute Gasteiger partial charge is 0.461 e. The number of benzene rings is 1. The van der Waals surface area contributed by atoms with Gasteiger partial charge in [-0.2, -0.15) is 0 Å². The highest BCUT2D eigenvalue weighted by Crippen LogP contribution is 2.32. The van der Waals surface area contributed by atoms with Crippen molar-refractivity contribution < 1.29 is 42.9 Å². The van der Waals surface area contributed by atoms with Crippen LogP contribution in [-0.4, -0.2) is 48.9 Å². The van der Waals surface area contributed by atoms with Crippen LogP contribution >= 0.6 is 0 Å². The molecule has 0 aromatic heterocycles. The SMILES string of the molecule is CC(C)OC(=O)O[C@@H](C)COC(=O)[C@@H](N)Cc1ccc(OC(=O)CC(C)(C)C)c(OC(=O)CC(C)(C)C)c1. The molecule has 0 aliphatic carbocycles. The average molecular weight is 538 g/mol. The van der Waals surface area contributed by atoms with Gasteiger partial charge in [0.2, 0.25) is 0 Å². The summed E-state index contributed by atoms with van der Waals surface area (Å²) in [5, 5.41) is 0. The number of carbonyl (C=O) groups excluding carboxylic acids is 4. The molecule has 0 saturated heterocycles. The molecule has 2 atom stereocenters. The van der Waals surface area contributed by atoms with E-state index in [0.29, 0.717) is 5.56 Å². The summed E-state index contributed by atoms with van der Waals surface area (Å²) in [6, 6.07) is 3.60. The van der Waals surface area contributed by atoms with Crippen molar-refractivity contribution in [1.82, 2.24) is 0 Å². The lowest BCUT2D eigenvalue weighted by Crippen LogP contribution is -2.36. The predicted octanol–water partition coefficient (Wildman–Crippen LogP) is 4.73. The van der Waals surface area contributed by atoms with Gasteiger partial charge in [0, 0.05) is 0 Å². The van der Waals surface area contributed by atoms with E-state index in [1.807, 2.05) is 41.5 Å². The zero-order valence-corrected chi connectivity index (χ0v) is 24.0. The minimum Gasteiger partial charge on any atom is -0.461 e. The first kappa shape index (κ1) is 32.9. The molecule has 1 rings (SSSR count). The Bertz CT molecular complexity index is 974. The van der Waals surface area contributed by atoms with E-state index in [2.05, 4.69) is 0 Å². The third-order valence-electron chi connectivity index (χ3n) is 4.65. The lowest BCUT2D eigenvalue weighted by molar-refractivity contribution is -0.148. The quantitative estimate of drug-likeness (QED) is 0.311. The molecule has 1 aromatic carbocycles. The van der Waals surface area contributed by atoms with Gasteiger partial charge in [-0.3, -0.25) is 14.4 Å². The minimum absolute atomic E-state index is 0.0590. The van der Waals surface area contributed by atoms with Crippen LogP contribution in [0.25, 0.3) is 0 Å². The number of rotatable bonds is 11. The molecule has 0 aliphatic heterocycles. The van der Waals surface area contributed by atoms with Crippen molar-refractivity contribution in [2.75, 3.05) is 6.61 Å². The van der Waals surface area contributed by atoms with E-state index in [-0.39, 0.29) is 54.3 Å². The van der Waals surface area contributed by atoms with Crippen molar-refractivity contribution in [3.05, 3.63) is 23.8 Å². The molecule has 0 spiro atoms. The van der Waals surface area contributed by atoms with Gasteiger partial charge in [0.1, 0.15) is 18.8 Å². The summed E-state index contributed by atoms with van der Waals surface area (Å²) in [6.45, 7) is 16.2. The Balaban J connectivity index is 2.92. The second-order valence-corrected chi connectivity index (χ2v) is 12.0. The van der Waals surface area contributed by atoms with Crippen LogP contribution in [0, 0.1) is 10.8 Å². The number of carbonyl (C=O) groups is 4. The molecular weight excluding hydrogens is 494 g/mol. The Morgan fingerprint density at radius 3 is 1.84 bits per heavy atom. The molecule has 0 bridgehead atoms.